The number of aromatic nitrogens is 2. The average Bonchev–Trinajstić information content (AvgIpc) is 3.09. The third-order valence-electron chi connectivity index (χ3n) is 4.59. The summed E-state index contributed by atoms with van der Waals surface area (Å²) in [6.07, 6.45) is 6.96. The molecular formula is C17H19FIN3O4. The predicted molar refractivity (Wildman–Crippen MR) is 101 cm³/mol. The van der Waals surface area contributed by atoms with Gasteiger partial charge in [-0.1, -0.05) is 18.2 Å². The van der Waals surface area contributed by atoms with Crippen LogP contribution >= 0.6 is 22.6 Å². The molecule has 1 fully saturated rings. The highest BCUT2D eigenvalue weighted by atomic mass is 127. The summed E-state index contributed by atoms with van der Waals surface area (Å²) in [5.74, 6) is -1.65. The monoisotopic (exact) mass is 475 g/mol. The Bertz CT molecular complexity index is 838. The first-order valence-electron chi connectivity index (χ1n) is 8.24. The zero-order chi connectivity index (χ0) is 18.9. The molecule has 0 saturated carbocycles. The molecule has 1 aliphatic carbocycles. The molecule has 1 unspecified atom stereocenters. The van der Waals surface area contributed by atoms with E-state index in [9.17, 15) is 14.0 Å². The van der Waals surface area contributed by atoms with Crippen LogP contribution in [0.4, 0.5) is 10.2 Å². The van der Waals surface area contributed by atoms with Crippen molar-refractivity contribution < 1.29 is 19.0 Å². The van der Waals surface area contributed by atoms with Gasteiger partial charge in [-0.3, -0.25) is 9.36 Å². The molecule has 2 heterocycles. The maximum atomic E-state index is 14.4. The Labute approximate surface area is 163 Å². The maximum Gasteiger partial charge on any atom is 0.351 e. The molecule has 0 bridgehead atoms. The van der Waals surface area contributed by atoms with Crippen LogP contribution in [0.2, 0.25) is 0 Å². The Morgan fingerprint density at radius 3 is 2.96 bits per heavy atom. The van der Waals surface area contributed by atoms with Gasteiger partial charge in [-0.15, -0.1) is 0 Å². The fourth-order valence-corrected chi connectivity index (χ4v) is 3.29. The Hall–Kier alpha value is -1.59. The van der Waals surface area contributed by atoms with Gasteiger partial charge in [-0.05, 0) is 48.8 Å². The standard InChI is InChI=1S/C17H19FIN3O4/c1-17(6-4-10(19)5-7-17)15(24)20-14-12(18)8-22(16(25)21-14)13-3-2-11(9-23)26-13/h4-6,8,11,13,23H,2-3,7,9H2,1H3,(H,20,21,24,25)/t11-,13+,17?/m0/s1. The molecule has 1 amide bonds. The number of aliphatic hydroxyl groups is 1. The first-order chi connectivity index (χ1) is 12.3. The van der Waals surface area contributed by atoms with Crippen molar-refractivity contribution in [2.75, 3.05) is 11.9 Å². The van der Waals surface area contributed by atoms with Crippen LogP contribution in [0.5, 0.6) is 0 Å². The van der Waals surface area contributed by atoms with E-state index in [1.807, 2.05) is 12.2 Å². The molecule has 9 heteroatoms. The Kier molecular flexibility index (Phi) is 5.58. The van der Waals surface area contributed by atoms with Gasteiger partial charge < -0.3 is 15.2 Å². The first kappa shape index (κ1) is 19.2. The third kappa shape index (κ3) is 3.89. The van der Waals surface area contributed by atoms with Crippen LogP contribution in [-0.4, -0.2) is 33.3 Å². The molecule has 140 valence electrons. The van der Waals surface area contributed by atoms with Crippen LogP contribution in [0.25, 0.3) is 0 Å². The van der Waals surface area contributed by atoms with Crippen molar-refractivity contribution in [3.8, 4) is 0 Å². The molecule has 3 atom stereocenters. The van der Waals surface area contributed by atoms with Gasteiger partial charge in [0.2, 0.25) is 5.91 Å². The number of hydrogen-bond donors (Lipinski definition) is 2. The van der Waals surface area contributed by atoms with Crippen LogP contribution in [-0.2, 0) is 9.53 Å². The molecule has 2 N–H and O–H groups in total. The number of ether oxygens (including phenoxy) is 1. The van der Waals surface area contributed by atoms with E-state index in [2.05, 4.69) is 32.9 Å². The summed E-state index contributed by atoms with van der Waals surface area (Å²) in [4.78, 5) is 28.4. The van der Waals surface area contributed by atoms with Crippen molar-refractivity contribution in [3.05, 3.63) is 44.3 Å². The molecule has 0 aromatic carbocycles. The van der Waals surface area contributed by atoms with Crippen molar-refractivity contribution in [1.29, 1.82) is 0 Å². The lowest BCUT2D eigenvalue weighted by Crippen LogP contribution is -2.35. The number of hydrogen-bond acceptors (Lipinski definition) is 5. The summed E-state index contributed by atoms with van der Waals surface area (Å²) in [6.45, 7) is 1.58. The number of rotatable bonds is 4. The summed E-state index contributed by atoms with van der Waals surface area (Å²) in [5, 5.41) is 11.5. The number of amides is 1. The lowest BCUT2D eigenvalue weighted by molar-refractivity contribution is -0.122. The van der Waals surface area contributed by atoms with Crippen molar-refractivity contribution in [1.82, 2.24) is 9.55 Å². The molecule has 1 aromatic heterocycles. The lowest BCUT2D eigenvalue weighted by atomic mass is 9.83. The molecule has 1 saturated heterocycles. The number of anilines is 1. The first-order valence-corrected chi connectivity index (χ1v) is 9.31. The van der Waals surface area contributed by atoms with Gasteiger partial charge in [0.15, 0.2) is 11.6 Å². The van der Waals surface area contributed by atoms with E-state index in [4.69, 9.17) is 9.84 Å². The second-order valence-electron chi connectivity index (χ2n) is 6.60. The largest absolute Gasteiger partial charge is 0.394 e. The number of aliphatic hydroxyl groups excluding tert-OH is 1. The molecule has 0 spiro atoms. The lowest BCUT2D eigenvalue weighted by Gasteiger charge is -2.25. The van der Waals surface area contributed by atoms with Crippen molar-refractivity contribution in [2.24, 2.45) is 5.41 Å². The van der Waals surface area contributed by atoms with Gasteiger partial charge in [-0.25, -0.2) is 9.18 Å². The minimum absolute atomic E-state index is 0.158. The van der Waals surface area contributed by atoms with E-state index in [-0.39, 0.29) is 12.7 Å². The number of halogens is 2. The highest BCUT2D eigenvalue weighted by molar-refractivity contribution is 14.1. The van der Waals surface area contributed by atoms with Gasteiger partial charge in [-0.2, -0.15) is 4.98 Å². The van der Waals surface area contributed by atoms with Gasteiger partial charge in [0.1, 0.15) is 6.23 Å². The number of allylic oxidation sites excluding steroid dienone is 3. The van der Waals surface area contributed by atoms with E-state index in [1.54, 1.807) is 13.0 Å². The molecule has 1 aromatic rings. The Morgan fingerprint density at radius 2 is 2.35 bits per heavy atom. The molecule has 0 radical (unpaired) electrons. The summed E-state index contributed by atoms with van der Waals surface area (Å²) in [7, 11) is 0. The normalized spacial score (nSPS) is 28.1. The zero-order valence-electron chi connectivity index (χ0n) is 14.1. The van der Waals surface area contributed by atoms with Crippen molar-refractivity contribution in [2.45, 2.75) is 38.5 Å². The predicted octanol–water partition coefficient (Wildman–Crippen LogP) is 2.28. The number of nitrogens with zero attached hydrogens (tertiary/aromatic N) is 2. The summed E-state index contributed by atoms with van der Waals surface area (Å²) < 4.78 is 22.0. The van der Waals surface area contributed by atoms with Crippen LogP contribution in [0.15, 0.2) is 32.8 Å². The van der Waals surface area contributed by atoms with Crippen LogP contribution in [0.1, 0.15) is 32.4 Å². The SMILES string of the molecule is CC1(C(=O)Nc2nc(=O)n([C@H]3CC[C@@H](CO)O3)cc2F)C=CC(I)=CC1. The Morgan fingerprint density at radius 1 is 1.58 bits per heavy atom. The smallest absolute Gasteiger partial charge is 0.351 e. The molecular weight excluding hydrogens is 456 g/mol. The van der Waals surface area contributed by atoms with E-state index < -0.39 is 34.9 Å². The number of nitrogens with one attached hydrogen (secondary N) is 1. The molecule has 3 rings (SSSR count). The quantitative estimate of drug-likeness (QED) is 0.653. The van der Waals surface area contributed by atoms with Crippen LogP contribution in [0.3, 0.4) is 0 Å². The minimum atomic E-state index is -0.833. The fourth-order valence-electron chi connectivity index (χ4n) is 2.89. The van der Waals surface area contributed by atoms with E-state index in [0.717, 1.165) is 14.3 Å². The maximum absolute atomic E-state index is 14.4. The average molecular weight is 475 g/mol. The molecule has 7 nitrogen and oxygen atoms in total. The van der Waals surface area contributed by atoms with Crippen molar-refractivity contribution in [3.63, 3.8) is 0 Å². The van der Waals surface area contributed by atoms with E-state index in [0.29, 0.717) is 19.3 Å². The second-order valence-corrected chi connectivity index (χ2v) is 7.84. The highest BCUT2D eigenvalue weighted by Gasteiger charge is 2.33. The van der Waals surface area contributed by atoms with Crippen LogP contribution < -0.4 is 11.0 Å². The van der Waals surface area contributed by atoms with E-state index in [1.165, 1.54) is 0 Å². The Balaban J connectivity index is 1.78. The van der Waals surface area contributed by atoms with Gasteiger partial charge >= 0.3 is 5.69 Å². The molecule has 1 aliphatic heterocycles. The third-order valence-corrected chi connectivity index (χ3v) is 5.39. The van der Waals surface area contributed by atoms with Gasteiger partial charge in [0.05, 0.1) is 24.3 Å². The second kappa shape index (κ2) is 7.57. The fraction of sp³-hybridized carbons (Fsp3) is 0.471. The highest BCUT2D eigenvalue weighted by Crippen LogP contribution is 2.33. The number of carbonyl (C=O) groups excluding carboxylic acids is 1. The summed E-state index contributed by atoms with van der Waals surface area (Å²) in [5.41, 5.74) is -1.55. The molecule has 26 heavy (non-hydrogen) atoms. The zero-order valence-corrected chi connectivity index (χ0v) is 16.3. The number of carbonyl (C=O) groups is 1. The van der Waals surface area contributed by atoms with Gasteiger partial charge in [0.25, 0.3) is 0 Å². The summed E-state index contributed by atoms with van der Waals surface area (Å²) in [6, 6.07) is 0. The van der Waals surface area contributed by atoms with Gasteiger partial charge in [0, 0.05) is 3.58 Å². The molecule has 2 aliphatic rings. The minimum Gasteiger partial charge on any atom is -0.394 e. The topological polar surface area (TPSA) is 93.5 Å². The summed E-state index contributed by atoms with van der Waals surface area (Å²) >= 11 is 2.15. The van der Waals surface area contributed by atoms with Crippen LogP contribution in [0, 0.1) is 11.2 Å². The van der Waals surface area contributed by atoms with Crippen molar-refractivity contribution >= 4 is 34.3 Å². The van der Waals surface area contributed by atoms with E-state index >= 15 is 0 Å².